The summed E-state index contributed by atoms with van der Waals surface area (Å²) in [5.74, 6) is 1.40. The van der Waals surface area contributed by atoms with Gasteiger partial charge in [-0.25, -0.2) is 13.6 Å². The Morgan fingerprint density at radius 1 is 1.07 bits per heavy atom. The lowest BCUT2D eigenvalue weighted by atomic mass is 10.1. The van der Waals surface area contributed by atoms with Crippen LogP contribution in [-0.4, -0.2) is 51.8 Å². The highest BCUT2D eigenvalue weighted by Crippen LogP contribution is 2.21. The zero-order valence-corrected chi connectivity index (χ0v) is 16.5. The van der Waals surface area contributed by atoms with Crippen molar-refractivity contribution in [2.45, 2.75) is 24.0 Å². The van der Waals surface area contributed by atoms with Crippen molar-refractivity contribution in [2.75, 3.05) is 27.3 Å². The zero-order valence-electron chi connectivity index (χ0n) is 15.7. The van der Waals surface area contributed by atoms with Gasteiger partial charge in [0.25, 0.3) is 0 Å². The van der Waals surface area contributed by atoms with Gasteiger partial charge in [-0.15, -0.1) is 0 Å². The standard InChI is InChI=1S/C19H26N2O5S/c1-14(15-4-10-19(11-5-15)27(20,23)24)21(2)12-16(22)13-26-18-8-6-17(25-3)7-9-18/h4-11,14,16,22H,12-13H2,1-3H3,(H2,20,23,24). The van der Waals surface area contributed by atoms with Crippen molar-refractivity contribution in [1.82, 2.24) is 4.90 Å². The van der Waals surface area contributed by atoms with Crippen molar-refractivity contribution >= 4 is 10.0 Å². The van der Waals surface area contributed by atoms with Gasteiger partial charge in [0.1, 0.15) is 24.2 Å². The molecule has 0 amide bonds. The fourth-order valence-electron chi connectivity index (χ4n) is 2.60. The largest absolute Gasteiger partial charge is 0.497 e. The molecule has 0 saturated carbocycles. The Morgan fingerprint density at radius 2 is 1.63 bits per heavy atom. The van der Waals surface area contributed by atoms with Gasteiger partial charge in [0, 0.05) is 12.6 Å². The number of nitrogens with two attached hydrogens (primary N) is 1. The van der Waals surface area contributed by atoms with Crippen molar-refractivity contribution < 1.29 is 23.0 Å². The summed E-state index contributed by atoms with van der Waals surface area (Å²) in [6.45, 7) is 2.53. The molecule has 0 radical (unpaired) electrons. The maximum Gasteiger partial charge on any atom is 0.238 e. The first-order valence-corrected chi connectivity index (χ1v) is 10.0. The molecule has 2 aromatic carbocycles. The maximum absolute atomic E-state index is 11.3. The topological polar surface area (TPSA) is 102 Å². The lowest BCUT2D eigenvalue weighted by Gasteiger charge is -2.27. The molecule has 0 spiro atoms. The number of sulfonamides is 1. The molecule has 3 N–H and O–H groups in total. The highest BCUT2D eigenvalue weighted by Gasteiger charge is 2.17. The number of likely N-dealkylation sites (N-methyl/N-ethyl adjacent to an activating group) is 1. The Bertz CT molecular complexity index is 822. The molecule has 27 heavy (non-hydrogen) atoms. The quantitative estimate of drug-likeness (QED) is 0.672. The SMILES string of the molecule is COc1ccc(OCC(O)CN(C)C(C)c2ccc(S(N)(=O)=O)cc2)cc1. The van der Waals surface area contributed by atoms with E-state index in [9.17, 15) is 13.5 Å². The first-order valence-electron chi connectivity index (χ1n) is 8.48. The number of benzene rings is 2. The number of aliphatic hydroxyl groups is 1. The van der Waals surface area contributed by atoms with Crippen LogP contribution in [0.25, 0.3) is 0 Å². The van der Waals surface area contributed by atoms with Crippen LogP contribution >= 0.6 is 0 Å². The summed E-state index contributed by atoms with van der Waals surface area (Å²) in [4.78, 5) is 2.04. The number of rotatable bonds is 9. The van der Waals surface area contributed by atoms with E-state index >= 15 is 0 Å². The number of methoxy groups -OCH3 is 1. The molecule has 0 heterocycles. The van der Waals surface area contributed by atoms with Crippen molar-refractivity contribution in [3.05, 3.63) is 54.1 Å². The Morgan fingerprint density at radius 3 is 2.15 bits per heavy atom. The van der Waals surface area contributed by atoms with E-state index in [0.717, 1.165) is 11.3 Å². The Kier molecular flexibility index (Phi) is 7.20. The summed E-state index contributed by atoms with van der Waals surface area (Å²) in [6.07, 6.45) is -0.678. The lowest BCUT2D eigenvalue weighted by molar-refractivity contribution is 0.0653. The highest BCUT2D eigenvalue weighted by atomic mass is 32.2. The summed E-state index contributed by atoms with van der Waals surface area (Å²) in [5.41, 5.74) is 0.924. The molecule has 0 aliphatic rings. The van der Waals surface area contributed by atoms with Crippen LogP contribution in [0.3, 0.4) is 0 Å². The second kappa shape index (κ2) is 9.18. The van der Waals surface area contributed by atoms with Gasteiger partial charge < -0.3 is 14.6 Å². The van der Waals surface area contributed by atoms with Gasteiger partial charge in [-0.3, -0.25) is 4.90 Å². The van der Waals surface area contributed by atoms with Crippen LogP contribution < -0.4 is 14.6 Å². The molecule has 0 bridgehead atoms. The molecule has 0 fully saturated rings. The Labute approximate surface area is 160 Å². The van der Waals surface area contributed by atoms with Crippen molar-refractivity contribution in [3.8, 4) is 11.5 Å². The molecule has 2 atom stereocenters. The minimum absolute atomic E-state index is 0.0184. The highest BCUT2D eigenvalue weighted by molar-refractivity contribution is 7.89. The third-order valence-electron chi connectivity index (χ3n) is 4.35. The lowest BCUT2D eigenvalue weighted by Crippen LogP contribution is -2.34. The average molecular weight is 394 g/mol. The molecule has 2 rings (SSSR count). The third kappa shape index (κ3) is 6.21. The molecule has 0 aromatic heterocycles. The van der Waals surface area contributed by atoms with Gasteiger partial charge in [-0.1, -0.05) is 12.1 Å². The van der Waals surface area contributed by atoms with Crippen molar-refractivity contribution in [1.29, 1.82) is 0 Å². The van der Waals surface area contributed by atoms with Crippen LogP contribution in [-0.2, 0) is 10.0 Å². The van der Waals surface area contributed by atoms with Crippen molar-refractivity contribution in [2.24, 2.45) is 5.14 Å². The van der Waals surface area contributed by atoms with E-state index in [4.69, 9.17) is 14.6 Å². The molecule has 2 aromatic rings. The van der Waals surface area contributed by atoms with Gasteiger partial charge in [0.15, 0.2) is 0 Å². The summed E-state index contributed by atoms with van der Waals surface area (Å²) in [7, 11) is -0.221. The van der Waals surface area contributed by atoms with Crippen LogP contribution in [0, 0.1) is 0 Å². The van der Waals surface area contributed by atoms with Crippen LogP contribution in [0.1, 0.15) is 18.5 Å². The summed E-state index contributed by atoms with van der Waals surface area (Å²) >= 11 is 0. The van der Waals surface area contributed by atoms with Crippen LogP contribution in [0.2, 0.25) is 0 Å². The fraction of sp³-hybridized carbons (Fsp3) is 0.368. The average Bonchev–Trinajstić information content (AvgIpc) is 2.65. The minimum Gasteiger partial charge on any atom is -0.497 e. The van der Waals surface area contributed by atoms with E-state index in [1.54, 1.807) is 43.5 Å². The second-order valence-electron chi connectivity index (χ2n) is 6.37. The number of nitrogens with zero attached hydrogens (tertiary/aromatic N) is 1. The Balaban J connectivity index is 1.87. The predicted octanol–water partition coefficient (Wildman–Crippen LogP) is 1.78. The molecule has 2 unspecified atom stereocenters. The summed E-state index contributed by atoms with van der Waals surface area (Å²) in [5, 5.41) is 15.4. The molecule has 8 heteroatoms. The molecule has 0 saturated heterocycles. The smallest absolute Gasteiger partial charge is 0.238 e. The first-order chi connectivity index (χ1) is 12.7. The molecular weight excluding hydrogens is 368 g/mol. The normalized spacial score (nSPS) is 14.0. The zero-order chi connectivity index (χ0) is 20.0. The third-order valence-corrected chi connectivity index (χ3v) is 5.28. The van der Waals surface area contributed by atoms with Crippen molar-refractivity contribution in [3.63, 3.8) is 0 Å². The van der Waals surface area contributed by atoms with Crippen LogP contribution in [0.5, 0.6) is 11.5 Å². The van der Waals surface area contributed by atoms with E-state index in [1.165, 1.54) is 12.1 Å². The molecule has 0 aliphatic carbocycles. The van der Waals surface area contributed by atoms with Crippen LogP contribution in [0.15, 0.2) is 53.4 Å². The molecule has 7 nitrogen and oxygen atoms in total. The number of aliphatic hydroxyl groups excluding tert-OH is 1. The van der Waals surface area contributed by atoms with Gasteiger partial charge in [-0.2, -0.15) is 0 Å². The number of hydrogen-bond donors (Lipinski definition) is 2. The first kappa shape index (κ1) is 21.2. The number of primary sulfonamides is 1. The van der Waals surface area contributed by atoms with Gasteiger partial charge in [0.05, 0.1) is 12.0 Å². The van der Waals surface area contributed by atoms with Gasteiger partial charge in [-0.05, 0) is 55.9 Å². The Hall–Kier alpha value is -2.13. The number of hydrogen-bond acceptors (Lipinski definition) is 6. The second-order valence-corrected chi connectivity index (χ2v) is 7.93. The fourth-order valence-corrected chi connectivity index (χ4v) is 3.11. The van der Waals surface area contributed by atoms with Crippen LogP contribution in [0.4, 0.5) is 0 Å². The number of ether oxygens (including phenoxy) is 2. The summed E-state index contributed by atoms with van der Waals surface area (Å²) < 4.78 is 33.3. The van der Waals surface area contributed by atoms with E-state index in [0.29, 0.717) is 12.3 Å². The molecule has 0 aliphatic heterocycles. The van der Waals surface area contributed by atoms with E-state index < -0.39 is 16.1 Å². The molecule has 148 valence electrons. The van der Waals surface area contributed by atoms with E-state index in [1.807, 2.05) is 18.9 Å². The van der Waals surface area contributed by atoms with E-state index in [-0.39, 0.29) is 17.5 Å². The monoisotopic (exact) mass is 394 g/mol. The minimum atomic E-state index is -3.70. The summed E-state index contributed by atoms with van der Waals surface area (Å²) in [6, 6.07) is 13.5. The molecular formula is C19H26N2O5S. The van der Waals surface area contributed by atoms with E-state index in [2.05, 4.69) is 0 Å². The maximum atomic E-state index is 11.3. The predicted molar refractivity (Wildman–Crippen MR) is 103 cm³/mol. The van der Waals surface area contributed by atoms with Gasteiger partial charge in [0.2, 0.25) is 10.0 Å². The van der Waals surface area contributed by atoms with Gasteiger partial charge >= 0.3 is 0 Å².